The molecule has 1 atom stereocenters. The highest BCUT2D eigenvalue weighted by molar-refractivity contribution is 9.10. The fourth-order valence-electron chi connectivity index (χ4n) is 3.50. The minimum Gasteiger partial charge on any atom is -0.350 e. The van der Waals surface area contributed by atoms with Crippen molar-refractivity contribution in [3.63, 3.8) is 0 Å². The monoisotopic (exact) mass is 455 g/mol. The van der Waals surface area contributed by atoms with Crippen molar-refractivity contribution in [3.8, 4) is 10.6 Å². The quantitative estimate of drug-likeness (QED) is 0.578. The summed E-state index contributed by atoms with van der Waals surface area (Å²) in [6, 6.07) is 18.5. The first-order chi connectivity index (χ1) is 13.7. The lowest BCUT2D eigenvalue weighted by molar-refractivity contribution is 0.0943. The van der Waals surface area contributed by atoms with Crippen LogP contribution in [0, 0.1) is 5.92 Å². The second kappa shape index (κ2) is 8.99. The largest absolute Gasteiger partial charge is 0.350 e. The molecule has 0 aliphatic carbocycles. The zero-order chi connectivity index (χ0) is 19.3. The Balaban J connectivity index is 1.27. The Morgan fingerprint density at radius 2 is 1.96 bits per heavy atom. The van der Waals surface area contributed by atoms with Gasteiger partial charge in [-0.1, -0.05) is 58.4 Å². The van der Waals surface area contributed by atoms with E-state index in [1.54, 1.807) is 0 Å². The van der Waals surface area contributed by atoms with E-state index in [1.165, 1.54) is 16.9 Å². The molecule has 0 radical (unpaired) electrons. The topological polar surface area (TPSA) is 45.2 Å². The number of hydrogen-bond acceptors (Lipinski definition) is 4. The van der Waals surface area contributed by atoms with Crippen LogP contribution in [-0.4, -0.2) is 35.4 Å². The van der Waals surface area contributed by atoms with Gasteiger partial charge in [-0.15, -0.1) is 11.3 Å². The number of carbonyl (C=O) groups excluding carboxylic acids is 1. The molecule has 1 fully saturated rings. The normalized spacial score (nSPS) is 17.0. The van der Waals surface area contributed by atoms with Gasteiger partial charge in [0.15, 0.2) is 0 Å². The van der Waals surface area contributed by atoms with E-state index in [9.17, 15) is 4.79 Å². The van der Waals surface area contributed by atoms with Crippen LogP contribution in [0.5, 0.6) is 0 Å². The van der Waals surface area contributed by atoms with Crippen LogP contribution in [0.2, 0.25) is 0 Å². The van der Waals surface area contributed by atoms with Gasteiger partial charge in [0.2, 0.25) is 0 Å². The van der Waals surface area contributed by atoms with Crippen molar-refractivity contribution in [3.05, 3.63) is 75.7 Å². The van der Waals surface area contributed by atoms with Gasteiger partial charge in [-0.25, -0.2) is 4.98 Å². The molecule has 0 spiro atoms. The van der Waals surface area contributed by atoms with Crippen molar-refractivity contribution < 1.29 is 4.79 Å². The van der Waals surface area contributed by atoms with E-state index in [1.807, 2.05) is 35.7 Å². The molecular formula is C22H22BrN3OS. The van der Waals surface area contributed by atoms with Gasteiger partial charge in [-0.05, 0) is 36.6 Å². The Bertz CT molecular complexity index is 926. The van der Waals surface area contributed by atoms with E-state index in [-0.39, 0.29) is 5.91 Å². The summed E-state index contributed by atoms with van der Waals surface area (Å²) >= 11 is 4.94. The molecule has 1 N–H and O–H groups in total. The van der Waals surface area contributed by atoms with Crippen LogP contribution in [0.3, 0.4) is 0 Å². The number of hydrogen-bond donors (Lipinski definition) is 1. The molecule has 2 heterocycles. The molecule has 4 nitrogen and oxygen atoms in total. The summed E-state index contributed by atoms with van der Waals surface area (Å²) in [4.78, 5) is 19.5. The van der Waals surface area contributed by atoms with Crippen LogP contribution in [-0.2, 0) is 6.54 Å². The smallest absolute Gasteiger partial charge is 0.270 e. The Hall–Kier alpha value is -2.02. The molecule has 1 aliphatic heterocycles. The summed E-state index contributed by atoms with van der Waals surface area (Å²) < 4.78 is 1.03. The standard InChI is InChI=1S/C22H22BrN3OS/c23-19-8-6-18(7-9-19)22-25-20(15-28-22)21(27)24-12-17-10-11-26(14-17)13-16-4-2-1-3-5-16/h1-9,15,17H,10-14H2,(H,24,27)/t17-/m1/s1. The second-order valence-corrected chi connectivity index (χ2v) is 8.90. The molecule has 1 saturated heterocycles. The van der Waals surface area contributed by atoms with E-state index < -0.39 is 0 Å². The minimum atomic E-state index is -0.0823. The Morgan fingerprint density at radius 3 is 2.75 bits per heavy atom. The van der Waals surface area contributed by atoms with E-state index in [2.05, 4.69) is 55.4 Å². The van der Waals surface area contributed by atoms with Gasteiger partial charge in [-0.2, -0.15) is 0 Å². The molecule has 1 aromatic heterocycles. The molecule has 28 heavy (non-hydrogen) atoms. The Labute approximate surface area is 177 Å². The number of nitrogens with one attached hydrogen (secondary N) is 1. The first-order valence-electron chi connectivity index (χ1n) is 9.43. The molecule has 4 rings (SSSR count). The molecule has 0 bridgehead atoms. The third-order valence-corrected chi connectivity index (χ3v) is 6.42. The van der Waals surface area contributed by atoms with Gasteiger partial charge in [0.25, 0.3) is 5.91 Å². The first-order valence-corrected chi connectivity index (χ1v) is 11.1. The van der Waals surface area contributed by atoms with Crippen LogP contribution < -0.4 is 5.32 Å². The molecule has 0 saturated carbocycles. The number of benzene rings is 2. The van der Waals surface area contributed by atoms with Crippen molar-refractivity contribution >= 4 is 33.2 Å². The fraction of sp³-hybridized carbons (Fsp3) is 0.273. The fourth-order valence-corrected chi connectivity index (χ4v) is 4.57. The van der Waals surface area contributed by atoms with Crippen molar-refractivity contribution in [2.75, 3.05) is 19.6 Å². The molecule has 3 aromatic rings. The lowest BCUT2D eigenvalue weighted by atomic mass is 10.1. The number of aromatic nitrogens is 1. The summed E-state index contributed by atoms with van der Waals surface area (Å²) in [6.45, 7) is 3.79. The van der Waals surface area contributed by atoms with Crippen molar-refractivity contribution in [1.82, 2.24) is 15.2 Å². The van der Waals surface area contributed by atoms with Crippen LogP contribution >= 0.6 is 27.3 Å². The van der Waals surface area contributed by atoms with E-state index in [4.69, 9.17) is 0 Å². The van der Waals surface area contributed by atoms with Gasteiger partial charge in [-0.3, -0.25) is 9.69 Å². The summed E-state index contributed by atoms with van der Waals surface area (Å²) in [7, 11) is 0. The third kappa shape index (κ3) is 4.87. The lowest BCUT2D eigenvalue weighted by Gasteiger charge is -2.16. The zero-order valence-electron chi connectivity index (χ0n) is 15.5. The highest BCUT2D eigenvalue weighted by Gasteiger charge is 2.23. The van der Waals surface area contributed by atoms with Crippen LogP contribution in [0.4, 0.5) is 0 Å². The van der Waals surface area contributed by atoms with Gasteiger partial charge < -0.3 is 5.32 Å². The SMILES string of the molecule is O=C(NC[C@H]1CCN(Cc2ccccc2)C1)c1csc(-c2ccc(Br)cc2)n1. The summed E-state index contributed by atoms with van der Waals surface area (Å²) in [5, 5.41) is 5.77. The second-order valence-electron chi connectivity index (χ2n) is 7.13. The molecule has 1 aliphatic rings. The summed E-state index contributed by atoms with van der Waals surface area (Å²) in [6.07, 6.45) is 1.12. The number of amides is 1. The van der Waals surface area contributed by atoms with Crippen molar-refractivity contribution in [2.24, 2.45) is 5.92 Å². The third-order valence-electron chi connectivity index (χ3n) is 5.00. The van der Waals surface area contributed by atoms with Crippen LogP contribution in [0.1, 0.15) is 22.5 Å². The highest BCUT2D eigenvalue weighted by Crippen LogP contribution is 2.25. The van der Waals surface area contributed by atoms with E-state index in [0.717, 1.165) is 41.1 Å². The first kappa shape index (κ1) is 19.3. The van der Waals surface area contributed by atoms with Crippen LogP contribution in [0.25, 0.3) is 10.6 Å². The maximum Gasteiger partial charge on any atom is 0.270 e. The lowest BCUT2D eigenvalue weighted by Crippen LogP contribution is -2.31. The number of nitrogens with zero attached hydrogens (tertiary/aromatic N) is 2. The number of likely N-dealkylation sites (tertiary alicyclic amines) is 1. The van der Waals surface area contributed by atoms with Gasteiger partial charge in [0.05, 0.1) is 0 Å². The minimum absolute atomic E-state index is 0.0823. The zero-order valence-corrected chi connectivity index (χ0v) is 17.9. The molecule has 6 heteroatoms. The maximum atomic E-state index is 12.5. The molecular weight excluding hydrogens is 434 g/mol. The number of halogens is 1. The molecule has 0 unspecified atom stereocenters. The maximum absolute atomic E-state index is 12.5. The van der Waals surface area contributed by atoms with Crippen molar-refractivity contribution in [2.45, 2.75) is 13.0 Å². The van der Waals surface area contributed by atoms with Gasteiger partial charge in [0, 0.05) is 35.1 Å². The van der Waals surface area contributed by atoms with Gasteiger partial charge in [0.1, 0.15) is 10.7 Å². The summed E-state index contributed by atoms with van der Waals surface area (Å²) in [5.74, 6) is 0.415. The molecule has 1 amide bonds. The number of rotatable bonds is 6. The molecule has 144 valence electrons. The molecule has 2 aromatic carbocycles. The van der Waals surface area contributed by atoms with E-state index in [0.29, 0.717) is 18.2 Å². The Kier molecular flexibility index (Phi) is 6.20. The predicted molar refractivity (Wildman–Crippen MR) is 117 cm³/mol. The van der Waals surface area contributed by atoms with E-state index >= 15 is 0 Å². The number of carbonyl (C=O) groups is 1. The van der Waals surface area contributed by atoms with Crippen molar-refractivity contribution in [1.29, 1.82) is 0 Å². The number of thiazole rings is 1. The average molecular weight is 456 g/mol. The van der Waals surface area contributed by atoms with Gasteiger partial charge >= 0.3 is 0 Å². The Morgan fingerprint density at radius 1 is 1.18 bits per heavy atom. The predicted octanol–water partition coefficient (Wildman–Crippen LogP) is 4.82. The summed E-state index contributed by atoms with van der Waals surface area (Å²) in [5.41, 5.74) is 2.87. The van der Waals surface area contributed by atoms with Crippen LogP contribution in [0.15, 0.2) is 64.5 Å². The average Bonchev–Trinajstić information content (AvgIpc) is 3.37. The highest BCUT2D eigenvalue weighted by atomic mass is 79.9.